The van der Waals surface area contributed by atoms with E-state index in [2.05, 4.69) is 36.1 Å². The first kappa shape index (κ1) is 14.4. The van der Waals surface area contributed by atoms with E-state index in [1.807, 2.05) is 0 Å². The lowest BCUT2D eigenvalue weighted by Gasteiger charge is -2.29. The van der Waals surface area contributed by atoms with Gasteiger partial charge in [-0.15, -0.1) is 0 Å². The van der Waals surface area contributed by atoms with Crippen LogP contribution in [0.25, 0.3) is 0 Å². The maximum atomic E-state index is 5.90. The van der Waals surface area contributed by atoms with Crippen LogP contribution in [0.5, 0.6) is 5.75 Å². The largest absolute Gasteiger partial charge is 0.494 e. The number of nitrogens with two attached hydrogens (primary N) is 1. The minimum atomic E-state index is 0.421. The third kappa shape index (κ3) is 4.84. The van der Waals surface area contributed by atoms with Gasteiger partial charge in [-0.05, 0) is 56.5 Å². The monoisotopic (exact) mass is 262 g/mol. The Hall–Kier alpha value is -1.06. The first-order valence-corrected chi connectivity index (χ1v) is 7.47. The van der Waals surface area contributed by atoms with Gasteiger partial charge in [-0.2, -0.15) is 0 Å². The number of benzene rings is 1. The molecule has 3 nitrogen and oxygen atoms in total. The van der Waals surface area contributed by atoms with Gasteiger partial charge in [-0.1, -0.05) is 19.1 Å². The lowest BCUT2D eigenvalue weighted by Crippen LogP contribution is -2.40. The fraction of sp³-hybridized carbons (Fsp3) is 0.625. The van der Waals surface area contributed by atoms with Gasteiger partial charge >= 0.3 is 0 Å². The van der Waals surface area contributed by atoms with Crippen molar-refractivity contribution in [3.05, 3.63) is 29.8 Å². The quantitative estimate of drug-likeness (QED) is 0.800. The number of piperidine rings is 1. The fourth-order valence-electron chi connectivity index (χ4n) is 2.48. The Balaban J connectivity index is 1.61. The summed E-state index contributed by atoms with van der Waals surface area (Å²) >= 11 is 0. The summed E-state index contributed by atoms with van der Waals surface area (Å²) in [5, 5.41) is 0. The molecule has 1 heterocycles. The molecule has 1 fully saturated rings. The molecule has 1 aliphatic rings. The SMILES string of the molecule is CCc1ccc(OCCCN2CCC(N)CC2)cc1. The van der Waals surface area contributed by atoms with Crippen LogP contribution in [-0.4, -0.2) is 37.2 Å². The Bertz CT molecular complexity index is 356. The smallest absolute Gasteiger partial charge is 0.119 e. The second-order valence-electron chi connectivity index (χ2n) is 5.38. The maximum Gasteiger partial charge on any atom is 0.119 e. The summed E-state index contributed by atoms with van der Waals surface area (Å²) < 4.78 is 5.77. The van der Waals surface area contributed by atoms with E-state index in [0.29, 0.717) is 6.04 Å². The average molecular weight is 262 g/mol. The molecular weight excluding hydrogens is 236 g/mol. The molecule has 19 heavy (non-hydrogen) atoms. The molecule has 0 amide bonds. The molecule has 1 aromatic carbocycles. The van der Waals surface area contributed by atoms with Crippen LogP contribution < -0.4 is 10.5 Å². The number of rotatable bonds is 6. The van der Waals surface area contributed by atoms with Crippen LogP contribution in [0.4, 0.5) is 0 Å². The fourth-order valence-corrected chi connectivity index (χ4v) is 2.48. The summed E-state index contributed by atoms with van der Waals surface area (Å²) in [6, 6.07) is 8.84. The Morgan fingerprint density at radius 2 is 1.89 bits per heavy atom. The Morgan fingerprint density at radius 3 is 2.53 bits per heavy atom. The van der Waals surface area contributed by atoms with Crippen LogP contribution >= 0.6 is 0 Å². The Labute approximate surface area is 116 Å². The van der Waals surface area contributed by atoms with Crippen LogP contribution in [-0.2, 0) is 6.42 Å². The topological polar surface area (TPSA) is 38.5 Å². The molecule has 3 heteroatoms. The predicted molar refractivity (Wildman–Crippen MR) is 79.6 cm³/mol. The second kappa shape index (κ2) is 7.51. The summed E-state index contributed by atoms with van der Waals surface area (Å²) in [6.07, 6.45) is 4.45. The van der Waals surface area contributed by atoms with Gasteiger partial charge in [-0.25, -0.2) is 0 Å². The number of nitrogens with zero attached hydrogens (tertiary/aromatic N) is 1. The number of aryl methyl sites for hydroxylation is 1. The summed E-state index contributed by atoms with van der Waals surface area (Å²) in [5.74, 6) is 0.984. The van der Waals surface area contributed by atoms with E-state index < -0.39 is 0 Å². The standard InChI is InChI=1S/C16H26N2O/c1-2-14-4-6-16(7-5-14)19-13-3-10-18-11-8-15(17)9-12-18/h4-7,15H,2-3,8-13,17H2,1H3. The molecule has 1 saturated heterocycles. The molecule has 106 valence electrons. The van der Waals surface area contributed by atoms with Gasteiger partial charge in [0.25, 0.3) is 0 Å². The number of hydrogen-bond acceptors (Lipinski definition) is 3. The van der Waals surface area contributed by atoms with Crippen LogP contribution in [0.2, 0.25) is 0 Å². The van der Waals surface area contributed by atoms with Crippen molar-refractivity contribution < 1.29 is 4.74 Å². The predicted octanol–water partition coefficient (Wildman–Crippen LogP) is 2.44. The maximum absolute atomic E-state index is 5.90. The van der Waals surface area contributed by atoms with Gasteiger partial charge in [0.05, 0.1) is 6.61 Å². The normalized spacial score (nSPS) is 17.6. The molecule has 1 aromatic rings. The summed E-state index contributed by atoms with van der Waals surface area (Å²) in [7, 11) is 0. The van der Waals surface area contributed by atoms with E-state index in [-0.39, 0.29) is 0 Å². The van der Waals surface area contributed by atoms with Gasteiger partial charge < -0.3 is 15.4 Å². The van der Waals surface area contributed by atoms with Crippen molar-refractivity contribution >= 4 is 0 Å². The molecule has 2 rings (SSSR count). The van der Waals surface area contributed by atoms with E-state index >= 15 is 0 Å². The zero-order valence-electron chi connectivity index (χ0n) is 12.0. The Morgan fingerprint density at radius 1 is 1.21 bits per heavy atom. The van der Waals surface area contributed by atoms with Crippen LogP contribution in [0.15, 0.2) is 24.3 Å². The highest BCUT2D eigenvalue weighted by Crippen LogP contribution is 2.13. The minimum Gasteiger partial charge on any atom is -0.494 e. The first-order chi connectivity index (χ1) is 9.28. The molecule has 0 unspecified atom stereocenters. The molecule has 0 saturated carbocycles. The molecule has 0 radical (unpaired) electrons. The average Bonchev–Trinajstić information content (AvgIpc) is 2.46. The number of ether oxygens (including phenoxy) is 1. The highest BCUT2D eigenvalue weighted by atomic mass is 16.5. The third-order valence-electron chi connectivity index (χ3n) is 3.85. The van der Waals surface area contributed by atoms with E-state index in [4.69, 9.17) is 10.5 Å². The zero-order valence-corrected chi connectivity index (χ0v) is 12.0. The van der Waals surface area contributed by atoms with E-state index in [0.717, 1.165) is 57.7 Å². The van der Waals surface area contributed by atoms with Crippen LogP contribution in [0, 0.1) is 0 Å². The molecule has 0 aliphatic carbocycles. The van der Waals surface area contributed by atoms with Crippen molar-refractivity contribution in [3.63, 3.8) is 0 Å². The van der Waals surface area contributed by atoms with Crippen molar-refractivity contribution in [2.45, 2.75) is 38.6 Å². The van der Waals surface area contributed by atoms with Crippen molar-refractivity contribution in [3.8, 4) is 5.75 Å². The molecule has 2 N–H and O–H groups in total. The second-order valence-corrected chi connectivity index (χ2v) is 5.38. The van der Waals surface area contributed by atoms with E-state index in [1.54, 1.807) is 0 Å². The van der Waals surface area contributed by atoms with Crippen molar-refractivity contribution in [2.75, 3.05) is 26.2 Å². The van der Waals surface area contributed by atoms with E-state index in [9.17, 15) is 0 Å². The molecule has 0 bridgehead atoms. The van der Waals surface area contributed by atoms with Crippen molar-refractivity contribution in [1.29, 1.82) is 0 Å². The van der Waals surface area contributed by atoms with Crippen molar-refractivity contribution in [1.82, 2.24) is 4.90 Å². The molecule has 1 aliphatic heterocycles. The summed E-state index contributed by atoms with van der Waals surface area (Å²) in [5.41, 5.74) is 7.26. The van der Waals surface area contributed by atoms with Gasteiger partial charge in [0.2, 0.25) is 0 Å². The molecular formula is C16H26N2O. The lowest BCUT2D eigenvalue weighted by molar-refractivity contribution is 0.194. The molecule has 0 atom stereocenters. The zero-order chi connectivity index (χ0) is 13.5. The van der Waals surface area contributed by atoms with E-state index in [1.165, 1.54) is 5.56 Å². The van der Waals surface area contributed by atoms with Gasteiger partial charge in [-0.3, -0.25) is 0 Å². The van der Waals surface area contributed by atoms with Gasteiger partial charge in [0.15, 0.2) is 0 Å². The lowest BCUT2D eigenvalue weighted by atomic mass is 10.1. The van der Waals surface area contributed by atoms with Gasteiger partial charge in [0.1, 0.15) is 5.75 Å². The minimum absolute atomic E-state index is 0.421. The highest BCUT2D eigenvalue weighted by Gasteiger charge is 2.14. The van der Waals surface area contributed by atoms with Crippen LogP contribution in [0.3, 0.4) is 0 Å². The number of hydrogen-bond donors (Lipinski definition) is 1. The first-order valence-electron chi connectivity index (χ1n) is 7.47. The highest BCUT2D eigenvalue weighted by molar-refractivity contribution is 5.27. The summed E-state index contributed by atoms with van der Waals surface area (Å²) in [6.45, 7) is 6.38. The number of likely N-dealkylation sites (tertiary alicyclic amines) is 1. The van der Waals surface area contributed by atoms with Crippen molar-refractivity contribution in [2.24, 2.45) is 5.73 Å². The van der Waals surface area contributed by atoms with Gasteiger partial charge in [0, 0.05) is 12.6 Å². The molecule has 0 aromatic heterocycles. The Kier molecular flexibility index (Phi) is 5.67. The molecule has 0 spiro atoms. The third-order valence-corrected chi connectivity index (χ3v) is 3.85. The van der Waals surface area contributed by atoms with Crippen LogP contribution in [0.1, 0.15) is 31.7 Å². The summed E-state index contributed by atoms with van der Waals surface area (Å²) in [4.78, 5) is 2.49.